The van der Waals surface area contributed by atoms with Gasteiger partial charge in [0.15, 0.2) is 23.9 Å². The lowest BCUT2D eigenvalue weighted by Gasteiger charge is -2.20. The molecule has 9 nitrogen and oxygen atoms in total. The normalized spacial score (nSPS) is 11.7. The van der Waals surface area contributed by atoms with Crippen molar-refractivity contribution in [3.63, 3.8) is 0 Å². The lowest BCUT2D eigenvalue weighted by atomic mass is 10.0. The van der Waals surface area contributed by atoms with E-state index in [-0.39, 0.29) is 18.4 Å². The van der Waals surface area contributed by atoms with Gasteiger partial charge in [-0.2, -0.15) is 0 Å². The van der Waals surface area contributed by atoms with Crippen molar-refractivity contribution in [2.75, 3.05) is 14.2 Å². The van der Waals surface area contributed by atoms with Crippen LogP contribution in [0.2, 0.25) is 10.0 Å². The summed E-state index contributed by atoms with van der Waals surface area (Å²) in [5.74, 6) is 0.511. The van der Waals surface area contributed by atoms with E-state index in [9.17, 15) is 9.59 Å². The van der Waals surface area contributed by atoms with E-state index in [4.69, 9.17) is 42.1 Å². The summed E-state index contributed by atoms with van der Waals surface area (Å²) >= 11 is 14.0. The van der Waals surface area contributed by atoms with Crippen molar-refractivity contribution < 1.29 is 39.0 Å². The van der Waals surface area contributed by atoms with E-state index in [1.54, 1.807) is 70.6 Å². The predicted molar refractivity (Wildman–Crippen MR) is 144 cm³/mol. The first kappa shape index (κ1) is 31.2. The number of carbonyl (C=O) groups excluding carboxylic acids is 2. The van der Waals surface area contributed by atoms with E-state index in [1.165, 1.54) is 18.4 Å². The van der Waals surface area contributed by atoms with Crippen LogP contribution in [-0.2, 0) is 22.4 Å². The van der Waals surface area contributed by atoms with Crippen LogP contribution in [0, 0.1) is 0 Å². The summed E-state index contributed by atoms with van der Waals surface area (Å²) in [6.07, 6.45) is 2.19. The zero-order chi connectivity index (χ0) is 27.2. The molecular weight excluding hydrogens is 555 g/mol. The average Bonchev–Trinajstić information content (AvgIpc) is 3.32. The van der Waals surface area contributed by atoms with E-state index >= 15 is 0 Å². The van der Waals surface area contributed by atoms with E-state index < -0.39 is 23.8 Å². The maximum absolute atomic E-state index is 13.2. The molecular formula is C26H30Cl2N2O7S. The highest BCUT2D eigenvalue weighted by Crippen LogP contribution is 2.35. The third-order valence-electron chi connectivity index (χ3n) is 5.08. The van der Waals surface area contributed by atoms with Gasteiger partial charge in [0.25, 0.3) is 0 Å². The third-order valence-corrected chi connectivity index (χ3v) is 6.82. The van der Waals surface area contributed by atoms with Crippen LogP contribution in [0.1, 0.15) is 52.6 Å². The number of rotatable bonds is 9. The maximum Gasteiger partial charge on any atom is 0.407 e. The molecule has 3 aromatic rings. The molecule has 2 heterocycles. The lowest BCUT2D eigenvalue weighted by Crippen LogP contribution is -2.31. The molecule has 3 rings (SSSR count). The van der Waals surface area contributed by atoms with Crippen LogP contribution in [0.5, 0.6) is 11.5 Å². The molecule has 1 amide bonds. The smallest absolute Gasteiger partial charge is 0.407 e. The fourth-order valence-corrected chi connectivity index (χ4v) is 4.74. The number of methoxy groups -OCH3 is 2. The van der Waals surface area contributed by atoms with Crippen molar-refractivity contribution in [2.24, 2.45) is 0 Å². The first-order chi connectivity index (χ1) is 17.5. The Morgan fingerprint density at radius 3 is 2.29 bits per heavy atom. The summed E-state index contributed by atoms with van der Waals surface area (Å²) in [6, 6.07) is 8.69. The monoisotopic (exact) mass is 584 g/mol. The minimum absolute atomic E-state index is 0. The number of alkyl carbamates (subject to hydrolysis) is 1. The first-order valence-electron chi connectivity index (χ1n) is 11.3. The molecule has 0 spiro atoms. The van der Waals surface area contributed by atoms with Crippen LogP contribution in [0.4, 0.5) is 4.79 Å². The number of pyridine rings is 1. The van der Waals surface area contributed by atoms with Crippen molar-refractivity contribution in [1.82, 2.24) is 5.32 Å². The van der Waals surface area contributed by atoms with Crippen LogP contribution in [0.15, 0.2) is 42.7 Å². The number of halogens is 2. The van der Waals surface area contributed by atoms with Gasteiger partial charge in [0.2, 0.25) is 0 Å². The lowest BCUT2D eigenvalue weighted by molar-refractivity contribution is -0.377. The van der Waals surface area contributed by atoms with Gasteiger partial charge in [-0.25, -0.2) is 14.6 Å². The van der Waals surface area contributed by atoms with E-state index in [0.717, 1.165) is 4.88 Å². The summed E-state index contributed by atoms with van der Waals surface area (Å²) < 4.78 is 22.0. The second-order valence-electron chi connectivity index (χ2n) is 8.96. The predicted octanol–water partition coefficient (Wildman–Crippen LogP) is 5.87. The first-order valence-corrected chi connectivity index (χ1v) is 12.9. The Kier molecular flexibility index (Phi) is 11.2. The van der Waals surface area contributed by atoms with Gasteiger partial charge in [-0.15, -0.1) is 11.3 Å². The second-order valence-corrected chi connectivity index (χ2v) is 10.9. The van der Waals surface area contributed by atoms with Crippen LogP contribution in [0.25, 0.3) is 0 Å². The quantitative estimate of drug-likeness (QED) is 0.311. The van der Waals surface area contributed by atoms with Crippen molar-refractivity contribution >= 4 is 46.6 Å². The fraction of sp³-hybridized carbons (Fsp3) is 0.346. The van der Waals surface area contributed by atoms with Gasteiger partial charge in [-0.1, -0.05) is 29.3 Å². The number of H-pyrrole nitrogens is 1. The van der Waals surface area contributed by atoms with Gasteiger partial charge in [0, 0.05) is 16.9 Å². The molecule has 1 atom stereocenters. The molecule has 0 unspecified atom stereocenters. The number of carbonyl (C=O) groups is 2. The summed E-state index contributed by atoms with van der Waals surface area (Å²) in [7, 11) is 3.07. The number of amides is 1. The summed E-state index contributed by atoms with van der Waals surface area (Å²) in [6.45, 7) is 5.58. The van der Waals surface area contributed by atoms with E-state index in [1.807, 2.05) is 0 Å². The van der Waals surface area contributed by atoms with Crippen LogP contribution >= 0.6 is 34.5 Å². The van der Waals surface area contributed by atoms with E-state index in [2.05, 4.69) is 10.3 Å². The summed E-state index contributed by atoms with van der Waals surface area (Å²) in [5.41, 5.74) is 0.702. The Morgan fingerprint density at radius 1 is 1.03 bits per heavy atom. The van der Waals surface area contributed by atoms with Gasteiger partial charge >= 0.3 is 12.1 Å². The van der Waals surface area contributed by atoms with Crippen molar-refractivity contribution in [2.45, 2.75) is 45.4 Å². The second kappa shape index (κ2) is 13.7. The Bertz CT molecular complexity index is 1240. The van der Waals surface area contributed by atoms with Gasteiger partial charge < -0.3 is 29.7 Å². The van der Waals surface area contributed by atoms with Gasteiger partial charge in [0.05, 0.1) is 20.8 Å². The highest BCUT2D eigenvalue weighted by molar-refractivity contribution is 7.13. The molecule has 0 bridgehead atoms. The molecule has 0 aliphatic carbocycles. The Balaban J connectivity index is 0.00000507. The number of aromatic amines is 1. The summed E-state index contributed by atoms with van der Waals surface area (Å²) in [4.78, 5) is 29.1. The number of esters is 1. The molecule has 0 saturated carbocycles. The number of hydrogen-bond donors (Lipinski definition) is 1. The van der Waals surface area contributed by atoms with Gasteiger partial charge in [0.1, 0.15) is 26.6 Å². The minimum atomic E-state index is -0.727. The summed E-state index contributed by atoms with van der Waals surface area (Å²) in [5, 5.41) is 3.52. The van der Waals surface area contributed by atoms with Crippen LogP contribution in [0.3, 0.4) is 0 Å². The zero-order valence-corrected chi connectivity index (χ0v) is 23.9. The van der Waals surface area contributed by atoms with E-state index in [0.29, 0.717) is 37.5 Å². The molecule has 0 radical (unpaired) electrons. The van der Waals surface area contributed by atoms with Gasteiger partial charge in [-0.05, 0) is 50.6 Å². The maximum atomic E-state index is 13.2. The molecule has 0 aliphatic rings. The number of ether oxygens (including phenoxy) is 4. The fourth-order valence-electron chi connectivity index (χ4n) is 3.38. The van der Waals surface area contributed by atoms with Crippen LogP contribution < -0.4 is 19.8 Å². The van der Waals surface area contributed by atoms with Crippen molar-refractivity contribution in [1.29, 1.82) is 0 Å². The molecule has 2 aromatic heterocycles. The Labute approximate surface area is 235 Å². The Hall–Kier alpha value is -3.05. The number of nitrogens with one attached hydrogen (secondary N) is 2. The number of benzene rings is 1. The molecule has 0 fully saturated rings. The molecule has 12 heteroatoms. The SMILES string of the molecule is COc1ccc([C@H](Cc2c(Cl)c[nH+]cc2Cl)OC(=O)c2ccc(CNC(=O)OC(C)(C)C)s2)cc1OC.[OH-]. The molecule has 38 heavy (non-hydrogen) atoms. The molecule has 3 N–H and O–H groups in total. The number of aromatic nitrogens is 1. The highest BCUT2D eigenvalue weighted by atomic mass is 35.5. The highest BCUT2D eigenvalue weighted by Gasteiger charge is 2.25. The third kappa shape index (κ3) is 8.49. The minimum Gasteiger partial charge on any atom is -0.870 e. The molecule has 0 aliphatic heterocycles. The van der Waals surface area contributed by atoms with Crippen molar-refractivity contribution in [3.05, 3.63) is 73.7 Å². The van der Waals surface area contributed by atoms with Gasteiger partial charge in [-0.3, -0.25) is 0 Å². The standard InChI is InChI=1S/C26H28Cl2N2O6S.H2O/c1-26(2,3)36-25(32)30-12-16-7-9-23(37-16)24(31)35-21(11-17-18(27)13-29-14-19(17)28)15-6-8-20(33-4)22(10-15)34-5;/h6-10,13-14,21H,11-12H2,1-5H3,(H,30,32);1H2/t21-;/m0./s1. The molecule has 206 valence electrons. The average molecular weight is 586 g/mol. The Morgan fingerprint density at radius 2 is 1.68 bits per heavy atom. The zero-order valence-electron chi connectivity index (χ0n) is 21.6. The number of hydrogen-bond acceptors (Lipinski definition) is 8. The van der Waals surface area contributed by atoms with Crippen molar-refractivity contribution in [3.8, 4) is 11.5 Å². The largest absolute Gasteiger partial charge is 0.870 e. The molecule has 1 aromatic carbocycles. The molecule has 0 saturated heterocycles. The topological polar surface area (TPSA) is 127 Å². The van der Waals surface area contributed by atoms with Crippen LogP contribution in [-0.4, -0.2) is 37.4 Å². The number of thiophene rings is 1.